The van der Waals surface area contributed by atoms with Crippen molar-refractivity contribution < 1.29 is 0 Å². The molecule has 182 valence electrons. The largest absolute Gasteiger partial charge is 0.355 e. The number of hydrogen-bond donors (Lipinski definition) is 2. The van der Waals surface area contributed by atoms with E-state index in [1.807, 2.05) is 0 Å². The van der Waals surface area contributed by atoms with Crippen LogP contribution >= 0.6 is 0 Å². The Kier molecular flexibility index (Phi) is 4.05. The van der Waals surface area contributed by atoms with Crippen molar-refractivity contribution in [2.24, 2.45) is 0 Å². The first-order valence-corrected chi connectivity index (χ1v) is 13.4. The molecule has 2 N–H and O–H groups in total. The second-order valence-corrected chi connectivity index (χ2v) is 10.4. The Labute approximate surface area is 223 Å². The molecule has 0 saturated carbocycles. The number of hydrogen-bond acceptors (Lipinski definition) is 0. The monoisotopic (exact) mass is 497 g/mol. The number of H-pyrrole nitrogens is 2. The summed E-state index contributed by atoms with van der Waals surface area (Å²) in [4.78, 5) is 7.33. The SMILES string of the molecule is c1ccc2c(c1)[nH]c1ccc(-c3cc(-n4c5ccccc5c5ccccc54)cc4c3[nH]c3ccccc34)cc12. The zero-order valence-electron chi connectivity index (χ0n) is 21.1. The lowest BCUT2D eigenvalue weighted by Crippen LogP contribution is -1.95. The molecule has 0 aliphatic carbocycles. The van der Waals surface area contributed by atoms with Gasteiger partial charge in [0.15, 0.2) is 0 Å². The quantitative estimate of drug-likeness (QED) is 0.238. The van der Waals surface area contributed by atoms with E-state index in [4.69, 9.17) is 0 Å². The average molecular weight is 498 g/mol. The number of para-hydroxylation sites is 4. The van der Waals surface area contributed by atoms with E-state index in [0.717, 1.165) is 11.0 Å². The predicted octanol–water partition coefficient (Wildman–Crippen LogP) is 9.72. The number of aromatic nitrogens is 3. The minimum Gasteiger partial charge on any atom is -0.355 e. The normalized spacial score (nSPS) is 12.1. The molecule has 0 fully saturated rings. The van der Waals surface area contributed by atoms with Crippen molar-refractivity contribution in [1.29, 1.82) is 0 Å². The second kappa shape index (κ2) is 7.62. The molecule has 0 spiro atoms. The van der Waals surface area contributed by atoms with Crippen LogP contribution in [0, 0.1) is 0 Å². The Morgan fingerprint density at radius 2 is 0.974 bits per heavy atom. The lowest BCUT2D eigenvalue weighted by Gasteiger charge is -2.12. The van der Waals surface area contributed by atoms with Crippen LogP contribution in [0.4, 0.5) is 0 Å². The van der Waals surface area contributed by atoms with Crippen molar-refractivity contribution in [2.75, 3.05) is 0 Å². The van der Waals surface area contributed by atoms with E-state index in [1.54, 1.807) is 0 Å². The smallest absolute Gasteiger partial charge is 0.0546 e. The van der Waals surface area contributed by atoms with Gasteiger partial charge in [-0.2, -0.15) is 0 Å². The van der Waals surface area contributed by atoms with Crippen molar-refractivity contribution >= 4 is 65.4 Å². The van der Waals surface area contributed by atoms with Gasteiger partial charge in [-0.1, -0.05) is 78.9 Å². The first-order valence-electron chi connectivity index (χ1n) is 13.4. The summed E-state index contributed by atoms with van der Waals surface area (Å²) in [5, 5.41) is 7.52. The summed E-state index contributed by atoms with van der Waals surface area (Å²) < 4.78 is 2.42. The third kappa shape index (κ3) is 2.87. The van der Waals surface area contributed by atoms with Crippen LogP contribution in [0.5, 0.6) is 0 Å². The molecule has 39 heavy (non-hydrogen) atoms. The number of rotatable bonds is 2. The number of fused-ring (bicyclic) bond motifs is 9. The van der Waals surface area contributed by atoms with Crippen LogP contribution in [0.3, 0.4) is 0 Å². The maximum absolute atomic E-state index is 3.75. The maximum atomic E-state index is 3.75. The fraction of sp³-hybridized carbons (Fsp3) is 0. The minimum atomic E-state index is 1.15. The molecule has 0 radical (unpaired) electrons. The highest BCUT2D eigenvalue weighted by molar-refractivity contribution is 6.15. The molecule has 0 bridgehead atoms. The molecule has 3 heteroatoms. The summed E-state index contributed by atoms with van der Waals surface area (Å²) in [6.07, 6.45) is 0. The van der Waals surface area contributed by atoms with E-state index < -0.39 is 0 Å². The Morgan fingerprint density at radius 1 is 0.410 bits per heavy atom. The summed E-state index contributed by atoms with van der Waals surface area (Å²) in [6, 6.07) is 46.1. The van der Waals surface area contributed by atoms with E-state index in [-0.39, 0.29) is 0 Å². The van der Waals surface area contributed by atoms with Gasteiger partial charge in [0.25, 0.3) is 0 Å². The molecule has 0 aliphatic rings. The summed E-state index contributed by atoms with van der Waals surface area (Å²) in [5.41, 5.74) is 10.6. The van der Waals surface area contributed by atoms with Gasteiger partial charge in [-0.05, 0) is 54.1 Å². The molecule has 0 atom stereocenters. The molecule has 0 amide bonds. The lowest BCUT2D eigenvalue weighted by molar-refractivity contribution is 1.19. The van der Waals surface area contributed by atoms with Crippen molar-refractivity contribution in [1.82, 2.24) is 14.5 Å². The van der Waals surface area contributed by atoms with Gasteiger partial charge in [0.1, 0.15) is 0 Å². The molecular formula is C36H23N3. The summed E-state index contributed by atoms with van der Waals surface area (Å²) in [7, 11) is 0. The third-order valence-corrected chi connectivity index (χ3v) is 8.26. The molecule has 0 saturated heterocycles. The fourth-order valence-electron chi connectivity index (χ4n) is 6.51. The molecule has 9 rings (SSSR count). The maximum Gasteiger partial charge on any atom is 0.0546 e. The fourth-order valence-corrected chi connectivity index (χ4v) is 6.51. The van der Waals surface area contributed by atoms with E-state index in [1.165, 1.54) is 71.2 Å². The number of benzene rings is 6. The van der Waals surface area contributed by atoms with Crippen molar-refractivity contribution in [3.05, 3.63) is 127 Å². The van der Waals surface area contributed by atoms with E-state index in [0.29, 0.717) is 0 Å². The van der Waals surface area contributed by atoms with Gasteiger partial charge in [-0.15, -0.1) is 0 Å². The summed E-state index contributed by atoms with van der Waals surface area (Å²) >= 11 is 0. The molecule has 9 aromatic rings. The van der Waals surface area contributed by atoms with Crippen LogP contribution in [0.25, 0.3) is 82.2 Å². The number of aromatic amines is 2. The standard InChI is InChI=1S/C36H23N3/c1-5-13-31-24(9-1)29-19-22(17-18-33(29)37-31)28-20-23(21-30-25-10-2-6-14-32(25)38-36(28)30)39-34-15-7-3-11-26(34)27-12-4-8-16-35(27)39/h1-21,37-38H. The highest BCUT2D eigenvalue weighted by atomic mass is 15.0. The minimum absolute atomic E-state index is 1.15. The van der Waals surface area contributed by atoms with Gasteiger partial charge in [0.2, 0.25) is 0 Å². The number of nitrogens with zero attached hydrogens (tertiary/aromatic N) is 1. The Hall–Kier alpha value is -5.28. The van der Waals surface area contributed by atoms with Gasteiger partial charge in [0.05, 0.1) is 16.6 Å². The molecule has 3 nitrogen and oxygen atoms in total. The van der Waals surface area contributed by atoms with E-state index >= 15 is 0 Å². The van der Waals surface area contributed by atoms with Crippen LogP contribution < -0.4 is 0 Å². The van der Waals surface area contributed by atoms with Crippen LogP contribution in [0.1, 0.15) is 0 Å². The summed E-state index contributed by atoms with van der Waals surface area (Å²) in [5.74, 6) is 0. The first kappa shape index (κ1) is 20.7. The third-order valence-electron chi connectivity index (χ3n) is 8.26. The summed E-state index contributed by atoms with van der Waals surface area (Å²) in [6.45, 7) is 0. The van der Waals surface area contributed by atoms with E-state index in [2.05, 4.69) is 142 Å². The second-order valence-electron chi connectivity index (χ2n) is 10.4. The zero-order chi connectivity index (χ0) is 25.5. The lowest BCUT2D eigenvalue weighted by atomic mass is 9.99. The van der Waals surface area contributed by atoms with Crippen LogP contribution in [0.2, 0.25) is 0 Å². The molecule has 3 aromatic heterocycles. The molecule has 3 heterocycles. The van der Waals surface area contributed by atoms with Gasteiger partial charge in [-0.3, -0.25) is 0 Å². The molecule has 0 aliphatic heterocycles. The van der Waals surface area contributed by atoms with Gasteiger partial charge >= 0.3 is 0 Å². The zero-order valence-corrected chi connectivity index (χ0v) is 21.1. The Balaban J connectivity index is 1.42. The average Bonchev–Trinajstić information content (AvgIpc) is 3.66. The van der Waals surface area contributed by atoms with Gasteiger partial charge in [-0.25, -0.2) is 0 Å². The van der Waals surface area contributed by atoms with Gasteiger partial charge < -0.3 is 14.5 Å². The predicted molar refractivity (Wildman–Crippen MR) is 165 cm³/mol. The van der Waals surface area contributed by atoms with E-state index in [9.17, 15) is 0 Å². The topological polar surface area (TPSA) is 36.5 Å². The van der Waals surface area contributed by atoms with Crippen molar-refractivity contribution in [2.45, 2.75) is 0 Å². The first-order chi connectivity index (χ1) is 19.3. The Bertz CT molecular complexity index is 2340. The van der Waals surface area contributed by atoms with Gasteiger partial charge in [0, 0.05) is 60.1 Å². The van der Waals surface area contributed by atoms with Crippen LogP contribution in [-0.4, -0.2) is 14.5 Å². The molecule has 0 unspecified atom stereocenters. The van der Waals surface area contributed by atoms with Crippen LogP contribution in [-0.2, 0) is 0 Å². The Morgan fingerprint density at radius 3 is 1.69 bits per heavy atom. The van der Waals surface area contributed by atoms with Crippen LogP contribution in [0.15, 0.2) is 127 Å². The highest BCUT2D eigenvalue weighted by Crippen LogP contribution is 2.40. The molecule has 6 aromatic carbocycles. The van der Waals surface area contributed by atoms with Crippen molar-refractivity contribution in [3.63, 3.8) is 0 Å². The highest BCUT2D eigenvalue weighted by Gasteiger charge is 2.17. The number of nitrogens with one attached hydrogen (secondary N) is 2. The molecular weight excluding hydrogens is 474 g/mol. The van der Waals surface area contributed by atoms with Crippen molar-refractivity contribution in [3.8, 4) is 16.8 Å².